The maximum atomic E-state index is 13.1. The highest BCUT2D eigenvalue weighted by molar-refractivity contribution is 5.85. The molecule has 2 N–H and O–H groups in total. The zero-order valence-electron chi connectivity index (χ0n) is 13.8. The maximum absolute atomic E-state index is 13.1. The molecular weight excluding hydrogens is 373 g/mol. The molecule has 9 heteroatoms. The number of hydrogen-bond donors (Lipinski definition) is 2. The van der Waals surface area contributed by atoms with E-state index < -0.39 is 24.9 Å². The van der Waals surface area contributed by atoms with E-state index in [0.29, 0.717) is 6.54 Å². The summed E-state index contributed by atoms with van der Waals surface area (Å²) in [5, 5.41) is 5.29. The molecule has 0 bridgehead atoms. The number of nitrogens with one attached hydrogen (secondary N) is 2. The van der Waals surface area contributed by atoms with Crippen molar-refractivity contribution < 1.29 is 13.6 Å². The van der Waals surface area contributed by atoms with E-state index in [-0.39, 0.29) is 30.7 Å². The summed E-state index contributed by atoms with van der Waals surface area (Å²) in [6.45, 7) is 1.90. The molecule has 0 aromatic carbocycles. The summed E-state index contributed by atoms with van der Waals surface area (Å²) in [6.07, 6.45) is 4.89. The number of alkyl halides is 2. The highest BCUT2D eigenvalue weighted by Crippen LogP contribution is 2.25. The highest BCUT2D eigenvalue weighted by atomic mass is 35.5. The first kappa shape index (κ1) is 21.9. The van der Waals surface area contributed by atoms with Gasteiger partial charge >= 0.3 is 0 Å². The van der Waals surface area contributed by atoms with E-state index >= 15 is 0 Å². The first-order valence-electron chi connectivity index (χ1n) is 8.12. The van der Waals surface area contributed by atoms with Crippen molar-refractivity contribution in [3.05, 3.63) is 23.9 Å². The summed E-state index contributed by atoms with van der Waals surface area (Å²) in [7, 11) is 0. The lowest BCUT2D eigenvalue weighted by Gasteiger charge is -2.28. The van der Waals surface area contributed by atoms with Gasteiger partial charge in [-0.3, -0.25) is 10.1 Å². The zero-order chi connectivity index (χ0) is 16.3. The number of pyridine rings is 1. The first-order chi connectivity index (χ1) is 11.0. The molecule has 1 aromatic rings. The number of anilines is 1. The smallest absolute Gasteiger partial charge is 0.262 e. The standard InChI is InChI=1S/C16H22F2N4O.2ClH/c17-16(18)9-13(21-11-16)15(23)20-10-12-4-5-19-14(8-12)22-6-2-1-3-7-22;;/h4-5,8,13,21H,1-3,6-7,9-11H2,(H,20,23);2*1H. The third-order valence-corrected chi connectivity index (χ3v) is 4.38. The number of nitrogens with zero attached hydrogens (tertiary/aromatic N) is 2. The van der Waals surface area contributed by atoms with E-state index in [2.05, 4.69) is 20.5 Å². The van der Waals surface area contributed by atoms with Crippen LogP contribution in [-0.4, -0.2) is 42.5 Å². The number of halogens is 4. The Balaban J connectivity index is 0.00000156. The van der Waals surface area contributed by atoms with E-state index in [9.17, 15) is 13.6 Å². The Hall–Kier alpha value is -1.18. The minimum Gasteiger partial charge on any atom is -0.357 e. The van der Waals surface area contributed by atoms with Gasteiger partial charge in [0.15, 0.2) is 0 Å². The van der Waals surface area contributed by atoms with Crippen LogP contribution in [0.15, 0.2) is 18.3 Å². The van der Waals surface area contributed by atoms with Gasteiger partial charge in [0.1, 0.15) is 5.82 Å². The van der Waals surface area contributed by atoms with Crippen molar-refractivity contribution in [3.8, 4) is 0 Å². The lowest BCUT2D eigenvalue weighted by atomic mass is 10.1. The van der Waals surface area contributed by atoms with Gasteiger partial charge in [-0.15, -0.1) is 24.8 Å². The van der Waals surface area contributed by atoms with Crippen molar-refractivity contribution in [1.29, 1.82) is 0 Å². The number of carbonyl (C=O) groups is 1. The Labute approximate surface area is 158 Å². The third-order valence-electron chi connectivity index (χ3n) is 4.38. The zero-order valence-corrected chi connectivity index (χ0v) is 15.5. The molecule has 3 heterocycles. The topological polar surface area (TPSA) is 57.3 Å². The molecule has 3 rings (SSSR count). The molecule has 1 amide bonds. The lowest BCUT2D eigenvalue weighted by Crippen LogP contribution is -2.40. The molecule has 1 aromatic heterocycles. The van der Waals surface area contributed by atoms with Gasteiger partial charge in [-0.1, -0.05) is 0 Å². The molecule has 2 aliphatic heterocycles. The van der Waals surface area contributed by atoms with Crippen LogP contribution in [0.1, 0.15) is 31.2 Å². The van der Waals surface area contributed by atoms with E-state index in [1.54, 1.807) is 6.20 Å². The second-order valence-electron chi connectivity index (χ2n) is 6.28. The number of rotatable bonds is 4. The Morgan fingerprint density at radius 2 is 2.04 bits per heavy atom. The largest absolute Gasteiger partial charge is 0.357 e. The van der Waals surface area contributed by atoms with Gasteiger partial charge in [-0.25, -0.2) is 13.8 Å². The summed E-state index contributed by atoms with van der Waals surface area (Å²) < 4.78 is 26.2. The number of piperidine rings is 1. The molecule has 0 spiro atoms. The predicted molar refractivity (Wildman–Crippen MR) is 98.0 cm³/mol. The minimum atomic E-state index is -2.79. The Morgan fingerprint density at radius 3 is 2.68 bits per heavy atom. The van der Waals surface area contributed by atoms with Crippen LogP contribution in [0.3, 0.4) is 0 Å². The minimum absolute atomic E-state index is 0. The van der Waals surface area contributed by atoms with Crippen LogP contribution in [0.2, 0.25) is 0 Å². The molecule has 142 valence electrons. The lowest BCUT2D eigenvalue weighted by molar-refractivity contribution is -0.123. The number of aromatic nitrogens is 1. The van der Waals surface area contributed by atoms with Gasteiger partial charge in [0.2, 0.25) is 5.91 Å². The molecule has 0 radical (unpaired) electrons. The van der Waals surface area contributed by atoms with E-state index in [0.717, 1.165) is 24.5 Å². The summed E-state index contributed by atoms with van der Waals surface area (Å²) in [4.78, 5) is 18.6. The predicted octanol–water partition coefficient (Wildman–Crippen LogP) is 2.53. The Morgan fingerprint density at radius 1 is 1.32 bits per heavy atom. The first-order valence-corrected chi connectivity index (χ1v) is 8.12. The van der Waals surface area contributed by atoms with Gasteiger partial charge in [0.25, 0.3) is 5.92 Å². The quantitative estimate of drug-likeness (QED) is 0.820. The van der Waals surface area contributed by atoms with Crippen molar-refractivity contribution in [2.75, 3.05) is 24.5 Å². The molecule has 0 saturated carbocycles. The van der Waals surface area contributed by atoms with E-state index in [1.807, 2.05) is 12.1 Å². The van der Waals surface area contributed by atoms with Gasteiger partial charge in [-0.2, -0.15) is 0 Å². The fraction of sp³-hybridized carbons (Fsp3) is 0.625. The second kappa shape index (κ2) is 9.50. The molecule has 2 aliphatic rings. The van der Waals surface area contributed by atoms with Crippen molar-refractivity contribution in [2.45, 2.75) is 44.2 Å². The third kappa shape index (κ3) is 5.94. The van der Waals surface area contributed by atoms with Crippen LogP contribution in [0.25, 0.3) is 0 Å². The molecule has 5 nitrogen and oxygen atoms in total. The van der Waals surface area contributed by atoms with Crippen LogP contribution < -0.4 is 15.5 Å². The molecule has 2 fully saturated rings. The van der Waals surface area contributed by atoms with Crippen molar-refractivity contribution in [2.24, 2.45) is 0 Å². The summed E-state index contributed by atoms with van der Waals surface area (Å²) in [5.41, 5.74) is 0.929. The van der Waals surface area contributed by atoms with Crippen LogP contribution in [0.4, 0.5) is 14.6 Å². The van der Waals surface area contributed by atoms with Crippen LogP contribution in [0.5, 0.6) is 0 Å². The van der Waals surface area contributed by atoms with Gasteiger partial charge in [0.05, 0.1) is 12.6 Å². The summed E-state index contributed by atoms with van der Waals surface area (Å²) in [6, 6.07) is 2.99. The van der Waals surface area contributed by atoms with Crippen molar-refractivity contribution in [3.63, 3.8) is 0 Å². The van der Waals surface area contributed by atoms with Gasteiger partial charge in [-0.05, 0) is 37.0 Å². The van der Waals surface area contributed by atoms with Crippen molar-refractivity contribution in [1.82, 2.24) is 15.6 Å². The normalized spacial score (nSPS) is 21.8. The fourth-order valence-electron chi connectivity index (χ4n) is 3.08. The monoisotopic (exact) mass is 396 g/mol. The molecule has 1 atom stereocenters. The van der Waals surface area contributed by atoms with Crippen molar-refractivity contribution >= 4 is 36.5 Å². The van der Waals surface area contributed by atoms with E-state index in [1.165, 1.54) is 19.3 Å². The van der Waals surface area contributed by atoms with Gasteiger partial charge < -0.3 is 10.2 Å². The molecule has 0 aliphatic carbocycles. The highest BCUT2D eigenvalue weighted by Gasteiger charge is 2.42. The molecule has 25 heavy (non-hydrogen) atoms. The SMILES string of the molecule is Cl.Cl.O=C(NCc1ccnc(N2CCCCC2)c1)C1CC(F)(F)CN1. The van der Waals surface area contributed by atoms with Crippen LogP contribution in [0, 0.1) is 0 Å². The van der Waals surface area contributed by atoms with Crippen LogP contribution >= 0.6 is 24.8 Å². The fourth-order valence-corrected chi connectivity index (χ4v) is 3.08. The summed E-state index contributed by atoms with van der Waals surface area (Å²) >= 11 is 0. The average Bonchev–Trinajstić information content (AvgIpc) is 2.94. The average molecular weight is 397 g/mol. The Bertz CT molecular complexity index is 571. The van der Waals surface area contributed by atoms with Crippen LogP contribution in [-0.2, 0) is 11.3 Å². The maximum Gasteiger partial charge on any atom is 0.262 e. The van der Waals surface area contributed by atoms with Gasteiger partial charge in [0, 0.05) is 32.3 Å². The molecule has 2 saturated heterocycles. The number of carbonyl (C=O) groups excluding carboxylic acids is 1. The van der Waals surface area contributed by atoms with E-state index in [4.69, 9.17) is 0 Å². The summed E-state index contributed by atoms with van der Waals surface area (Å²) in [5.74, 6) is -2.25. The number of amides is 1. The number of hydrogen-bond acceptors (Lipinski definition) is 4. The second-order valence-corrected chi connectivity index (χ2v) is 6.28. The Kier molecular flexibility index (Phi) is 8.31. The molecular formula is C16H24Cl2F2N4O. The molecule has 1 unspecified atom stereocenters.